The molecule has 5 nitrogen and oxygen atoms in total. The second-order valence-electron chi connectivity index (χ2n) is 13.9. The lowest BCUT2D eigenvalue weighted by Crippen LogP contribution is -2.36. The summed E-state index contributed by atoms with van der Waals surface area (Å²) in [5, 5.41) is 0. The number of allylic oxidation sites excluding steroid dienone is 6. The van der Waals surface area contributed by atoms with Crippen molar-refractivity contribution < 1.29 is 0 Å². The number of hydrogen-bond acceptors (Lipinski definition) is 3. The van der Waals surface area contributed by atoms with E-state index in [9.17, 15) is 0 Å². The Bertz CT molecular complexity index is 2620. The van der Waals surface area contributed by atoms with E-state index in [1.54, 1.807) is 0 Å². The third-order valence-corrected chi connectivity index (χ3v) is 10.6. The van der Waals surface area contributed by atoms with Gasteiger partial charge in [-0.1, -0.05) is 128 Å². The van der Waals surface area contributed by atoms with Gasteiger partial charge in [0.25, 0.3) is 0 Å². The predicted octanol–water partition coefficient (Wildman–Crippen LogP) is 11.4. The molecule has 5 heterocycles. The van der Waals surface area contributed by atoms with E-state index in [0.29, 0.717) is 0 Å². The highest BCUT2D eigenvalue weighted by molar-refractivity contribution is 5.97. The fourth-order valence-corrected chi connectivity index (χ4v) is 7.74. The molecule has 1 aliphatic carbocycles. The van der Waals surface area contributed by atoms with Gasteiger partial charge in [0.05, 0.1) is 28.3 Å². The van der Waals surface area contributed by atoms with Crippen molar-refractivity contribution in [3.8, 4) is 33.4 Å². The monoisotopic (exact) mass is 673 g/mol. The van der Waals surface area contributed by atoms with Gasteiger partial charge in [-0.3, -0.25) is 4.98 Å². The van der Waals surface area contributed by atoms with Gasteiger partial charge >= 0.3 is 0 Å². The maximum atomic E-state index is 7.48. The summed E-state index contributed by atoms with van der Waals surface area (Å²) in [4.78, 5) is 18.7. The summed E-state index contributed by atoms with van der Waals surface area (Å²) < 4.78 is 0. The number of hydrogen-bond donors (Lipinski definition) is 3. The van der Waals surface area contributed by atoms with Gasteiger partial charge in [-0.2, -0.15) is 0 Å². The van der Waals surface area contributed by atoms with Gasteiger partial charge in [-0.05, 0) is 72.0 Å². The topological polar surface area (TPSA) is 83.4 Å². The minimum Gasteiger partial charge on any atom is -0.354 e. The normalized spacial score (nSPS) is 18.0. The van der Waals surface area contributed by atoms with Crippen LogP contribution in [0.25, 0.3) is 73.2 Å². The second-order valence-corrected chi connectivity index (χ2v) is 13.9. The second kappa shape index (κ2) is 12.8. The quantitative estimate of drug-likeness (QED) is 0.174. The highest BCUT2D eigenvalue weighted by Crippen LogP contribution is 2.46. The van der Waals surface area contributed by atoms with Crippen molar-refractivity contribution in [1.29, 1.82) is 0 Å². The number of rotatable bonds is 4. The van der Waals surface area contributed by atoms with Crippen LogP contribution >= 0.6 is 0 Å². The molecule has 4 N–H and O–H groups in total. The smallest absolute Gasteiger partial charge is 0.0737 e. The van der Waals surface area contributed by atoms with E-state index >= 15 is 0 Å². The maximum Gasteiger partial charge on any atom is 0.0737 e. The lowest BCUT2D eigenvalue weighted by Gasteiger charge is -2.26. The van der Waals surface area contributed by atoms with E-state index in [2.05, 4.69) is 169 Å². The summed E-state index contributed by atoms with van der Waals surface area (Å²) >= 11 is 0. The summed E-state index contributed by atoms with van der Waals surface area (Å²) in [6, 6.07) is 40.2. The largest absolute Gasteiger partial charge is 0.354 e. The maximum absolute atomic E-state index is 7.48. The molecule has 0 saturated carbocycles. The number of nitrogens with one attached hydrogen (secondary N) is 2. The van der Waals surface area contributed by atoms with E-state index in [1.807, 2.05) is 12.1 Å². The molecule has 2 atom stereocenters. The van der Waals surface area contributed by atoms with Crippen molar-refractivity contribution >= 4 is 39.8 Å². The van der Waals surface area contributed by atoms with Crippen LogP contribution in [0.3, 0.4) is 0 Å². The standard InChI is InChI=1S/C47H39N5/c1-30-45-43(33-20-8-3-4-9-21-33)39-28-26-37(50-39)41(31-16-10-5-11-17-31)35-24-25-36(49-35)42(32-18-12-6-13-19-32)38-27-29-40(51-38)44(34-22-14-7-15-23-34)46(52-45)47(30,2)48/h3,5-30,50-51H,4,48H2,1-2H3/t30-,47+/m0/s1. The zero-order valence-electron chi connectivity index (χ0n) is 29.3. The number of aromatic amines is 2. The van der Waals surface area contributed by atoms with Crippen LogP contribution in [0, 0.1) is 0 Å². The molecule has 0 radical (unpaired) electrons. The van der Waals surface area contributed by atoms with Gasteiger partial charge < -0.3 is 15.7 Å². The summed E-state index contributed by atoms with van der Waals surface area (Å²) in [6.45, 7) is 4.33. The summed E-state index contributed by atoms with van der Waals surface area (Å²) in [7, 11) is 0. The number of aromatic nitrogens is 4. The van der Waals surface area contributed by atoms with Crippen LogP contribution in [-0.4, -0.2) is 19.9 Å². The first-order chi connectivity index (χ1) is 25.5. The van der Waals surface area contributed by atoms with Gasteiger partial charge in [0.15, 0.2) is 0 Å². The lowest BCUT2D eigenvalue weighted by molar-refractivity contribution is 0.433. The van der Waals surface area contributed by atoms with E-state index in [4.69, 9.17) is 15.7 Å². The van der Waals surface area contributed by atoms with Gasteiger partial charge in [0.2, 0.25) is 0 Å². The fraction of sp³-hybridized carbons (Fsp3) is 0.106. The molecule has 3 aromatic heterocycles. The zero-order chi connectivity index (χ0) is 35.2. The van der Waals surface area contributed by atoms with Crippen molar-refractivity contribution in [3.63, 3.8) is 0 Å². The third kappa shape index (κ3) is 5.38. The molecule has 5 heteroatoms. The molecule has 3 aliphatic rings. The first kappa shape index (κ1) is 31.7. The molecule has 0 fully saturated rings. The SMILES string of the molecule is C[C@H]1c2nc(c(-c3ccccc3)c3ccc([nH]3)c(-c3ccccc3)c3nc(c(-c4ccccc4)c4ccc([nH]4)c2C2=CC=CCC=C2)C=C3)[C@]1(C)N. The third-order valence-electron chi connectivity index (χ3n) is 10.6. The molecular weight excluding hydrogens is 635 g/mol. The average Bonchev–Trinajstić information content (AvgIpc) is 3.95. The first-order valence-electron chi connectivity index (χ1n) is 17.9. The number of H-pyrrole nitrogens is 2. The minimum atomic E-state index is -0.777. The van der Waals surface area contributed by atoms with Crippen molar-refractivity contribution in [2.75, 3.05) is 0 Å². The van der Waals surface area contributed by atoms with Gasteiger partial charge in [0, 0.05) is 50.2 Å². The molecule has 6 aromatic rings. The van der Waals surface area contributed by atoms with E-state index in [0.717, 1.165) is 95.8 Å². The summed E-state index contributed by atoms with van der Waals surface area (Å²) in [5.74, 6) is -0.0995. The molecule has 8 bridgehead atoms. The Balaban J connectivity index is 1.52. The Kier molecular flexibility index (Phi) is 7.79. The highest BCUT2D eigenvalue weighted by atomic mass is 14.9. The first-order valence-corrected chi connectivity index (χ1v) is 17.9. The Morgan fingerprint density at radius 3 is 1.60 bits per heavy atom. The van der Waals surface area contributed by atoms with Crippen molar-refractivity contribution in [2.24, 2.45) is 5.73 Å². The molecular formula is C47H39N5. The molecule has 52 heavy (non-hydrogen) atoms. The molecule has 3 aromatic carbocycles. The molecule has 0 saturated heterocycles. The Hall–Kier alpha value is -6.30. The van der Waals surface area contributed by atoms with Gasteiger partial charge in [0.1, 0.15) is 0 Å². The molecule has 9 rings (SSSR count). The van der Waals surface area contributed by atoms with Crippen molar-refractivity contribution in [3.05, 3.63) is 174 Å². The van der Waals surface area contributed by atoms with Crippen LogP contribution in [-0.2, 0) is 5.54 Å². The molecule has 0 spiro atoms. The van der Waals surface area contributed by atoms with Crippen LogP contribution in [0.2, 0.25) is 0 Å². The number of fused-ring (bicyclic) bond motifs is 8. The Labute approximate surface area is 303 Å². The molecule has 0 unspecified atom stereocenters. The fourth-order valence-electron chi connectivity index (χ4n) is 7.74. The lowest BCUT2D eigenvalue weighted by atomic mass is 9.81. The van der Waals surface area contributed by atoms with Gasteiger partial charge in [-0.15, -0.1) is 0 Å². The Morgan fingerprint density at radius 2 is 1.06 bits per heavy atom. The molecule has 2 aliphatic heterocycles. The van der Waals surface area contributed by atoms with Crippen molar-refractivity contribution in [2.45, 2.75) is 31.7 Å². The number of nitrogens with zero attached hydrogens (tertiary/aromatic N) is 2. The van der Waals surface area contributed by atoms with Crippen LogP contribution in [0.1, 0.15) is 54.5 Å². The van der Waals surface area contributed by atoms with Crippen LogP contribution in [0.5, 0.6) is 0 Å². The molecule has 252 valence electrons. The van der Waals surface area contributed by atoms with E-state index in [1.165, 1.54) is 0 Å². The average molecular weight is 674 g/mol. The van der Waals surface area contributed by atoms with Crippen LogP contribution < -0.4 is 5.73 Å². The number of nitrogens with two attached hydrogens (primary N) is 1. The molecule has 0 amide bonds. The van der Waals surface area contributed by atoms with Crippen LogP contribution in [0.15, 0.2) is 146 Å². The Morgan fingerprint density at radius 1 is 0.577 bits per heavy atom. The van der Waals surface area contributed by atoms with Crippen LogP contribution in [0.4, 0.5) is 0 Å². The minimum absolute atomic E-state index is 0.0995. The van der Waals surface area contributed by atoms with Crippen molar-refractivity contribution in [1.82, 2.24) is 19.9 Å². The highest BCUT2D eigenvalue weighted by Gasteiger charge is 2.41. The summed E-state index contributed by atoms with van der Waals surface area (Å²) in [6.07, 6.45) is 16.1. The van der Waals surface area contributed by atoms with Gasteiger partial charge in [-0.25, -0.2) is 4.98 Å². The number of benzene rings is 3. The zero-order valence-corrected chi connectivity index (χ0v) is 29.3. The van der Waals surface area contributed by atoms with E-state index < -0.39 is 5.54 Å². The van der Waals surface area contributed by atoms with E-state index in [-0.39, 0.29) is 5.92 Å². The summed E-state index contributed by atoms with van der Waals surface area (Å²) in [5.41, 5.74) is 22.6. The predicted molar refractivity (Wildman–Crippen MR) is 217 cm³/mol.